The van der Waals surface area contributed by atoms with Crippen molar-refractivity contribution in [3.8, 4) is 11.4 Å². The molecule has 5 nitrogen and oxygen atoms in total. The molecule has 0 aliphatic carbocycles. The lowest BCUT2D eigenvalue weighted by Crippen LogP contribution is -2.39. The van der Waals surface area contributed by atoms with Crippen molar-refractivity contribution in [3.05, 3.63) is 42.1 Å². The Morgan fingerprint density at radius 3 is 2.68 bits per heavy atom. The number of likely N-dealkylation sites (tertiary alicyclic amines) is 1. The zero-order chi connectivity index (χ0) is 17.8. The van der Waals surface area contributed by atoms with E-state index < -0.39 is 0 Å². The minimum Gasteiger partial charge on any atom is -0.368 e. The van der Waals surface area contributed by atoms with Crippen molar-refractivity contribution in [1.29, 1.82) is 0 Å². The summed E-state index contributed by atoms with van der Waals surface area (Å²) in [5, 5.41) is 3.30. The van der Waals surface area contributed by atoms with Gasteiger partial charge in [-0.25, -0.2) is 9.97 Å². The van der Waals surface area contributed by atoms with Gasteiger partial charge in [0.15, 0.2) is 5.82 Å². The topological polar surface area (TPSA) is 58.1 Å². The first-order valence-corrected chi connectivity index (χ1v) is 9.03. The molecule has 1 aliphatic rings. The van der Waals surface area contributed by atoms with E-state index in [2.05, 4.69) is 36.1 Å². The molecular formula is C20H26N4O. The minimum absolute atomic E-state index is 0.00191. The van der Waals surface area contributed by atoms with Crippen LogP contribution >= 0.6 is 0 Å². The number of hydrogen-bond acceptors (Lipinski definition) is 4. The van der Waals surface area contributed by atoms with Crippen molar-refractivity contribution < 1.29 is 4.79 Å². The average molecular weight is 338 g/mol. The number of rotatable bonds is 4. The van der Waals surface area contributed by atoms with Crippen molar-refractivity contribution in [1.82, 2.24) is 14.9 Å². The molecule has 0 radical (unpaired) electrons. The van der Waals surface area contributed by atoms with Crippen molar-refractivity contribution in [2.75, 3.05) is 18.4 Å². The quantitative estimate of drug-likeness (QED) is 0.920. The highest BCUT2D eigenvalue weighted by atomic mass is 16.2. The molecule has 1 amide bonds. The fourth-order valence-electron chi connectivity index (χ4n) is 3.18. The van der Waals surface area contributed by atoms with Crippen LogP contribution in [0.4, 0.5) is 5.82 Å². The summed E-state index contributed by atoms with van der Waals surface area (Å²) in [5.74, 6) is 1.82. The average Bonchev–Trinajstić information content (AvgIpc) is 2.61. The lowest BCUT2D eigenvalue weighted by atomic mass is 10.00. The molecule has 0 bridgehead atoms. The molecule has 1 aromatic heterocycles. The molecule has 25 heavy (non-hydrogen) atoms. The molecule has 0 spiro atoms. The Morgan fingerprint density at radius 1 is 1.24 bits per heavy atom. The van der Waals surface area contributed by atoms with Crippen molar-refractivity contribution in [3.63, 3.8) is 0 Å². The maximum atomic E-state index is 13.0. The number of carbonyl (C=O) groups excluding carboxylic acids is 1. The Hall–Kier alpha value is -2.43. The second-order valence-electron chi connectivity index (χ2n) is 7.13. The Balaban J connectivity index is 1.95. The second-order valence-corrected chi connectivity index (χ2v) is 7.13. The van der Waals surface area contributed by atoms with Crippen LogP contribution in [0.25, 0.3) is 11.4 Å². The maximum Gasteiger partial charge on any atom is 0.272 e. The van der Waals surface area contributed by atoms with Crippen molar-refractivity contribution in [2.24, 2.45) is 5.92 Å². The van der Waals surface area contributed by atoms with E-state index in [9.17, 15) is 4.79 Å². The van der Waals surface area contributed by atoms with Gasteiger partial charge in [0.2, 0.25) is 0 Å². The van der Waals surface area contributed by atoms with Gasteiger partial charge in [0, 0.05) is 30.8 Å². The van der Waals surface area contributed by atoms with Crippen molar-refractivity contribution in [2.45, 2.75) is 39.7 Å². The summed E-state index contributed by atoms with van der Waals surface area (Å²) in [6, 6.07) is 11.8. The van der Waals surface area contributed by atoms with Gasteiger partial charge in [0.05, 0.1) is 0 Å². The third kappa shape index (κ3) is 4.35. The van der Waals surface area contributed by atoms with Crippen LogP contribution in [-0.2, 0) is 0 Å². The van der Waals surface area contributed by atoms with Gasteiger partial charge in [-0.1, -0.05) is 37.3 Å². The van der Waals surface area contributed by atoms with Gasteiger partial charge in [-0.15, -0.1) is 0 Å². The lowest BCUT2D eigenvalue weighted by Gasteiger charge is -2.30. The lowest BCUT2D eigenvalue weighted by molar-refractivity contribution is 0.0677. The van der Waals surface area contributed by atoms with Crippen LogP contribution < -0.4 is 5.32 Å². The molecule has 1 aliphatic heterocycles. The Bertz CT molecular complexity index is 730. The van der Waals surface area contributed by atoms with E-state index in [1.165, 1.54) is 6.42 Å². The second kappa shape index (κ2) is 7.64. The van der Waals surface area contributed by atoms with Crippen LogP contribution in [0.1, 0.15) is 44.1 Å². The summed E-state index contributed by atoms with van der Waals surface area (Å²) in [5.41, 5.74) is 1.38. The first-order valence-electron chi connectivity index (χ1n) is 9.03. The third-order valence-corrected chi connectivity index (χ3v) is 4.36. The molecule has 132 valence electrons. The number of nitrogens with one attached hydrogen (secondary N) is 1. The summed E-state index contributed by atoms with van der Waals surface area (Å²) < 4.78 is 0. The SMILES string of the molecule is CC1CCCN(C(=O)c2cc(NC(C)C)nc(-c3ccccc3)n2)C1. The predicted octanol–water partition coefficient (Wildman–Crippen LogP) is 3.84. The van der Waals surface area contributed by atoms with E-state index in [0.29, 0.717) is 23.3 Å². The molecule has 0 saturated carbocycles. The number of nitrogens with zero attached hydrogens (tertiary/aromatic N) is 3. The first-order chi connectivity index (χ1) is 12.0. The molecule has 1 unspecified atom stereocenters. The highest BCUT2D eigenvalue weighted by Crippen LogP contribution is 2.21. The molecule has 2 aromatic rings. The Kier molecular flexibility index (Phi) is 5.31. The summed E-state index contributed by atoms with van der Waals surface area (Å²) in [4.78, 5) is 24.1. The van der Waals surface area contributed by atoms with Gasteiger partial charge in [0.25, 0.3) is 5.91 Å². The number of hydrogen-bond donors (Lipinski definition) is 1. The van der Waals surface area contributed by atoms with Crippen LogP contribution in [-0.4, -0.2) is 39.9 Å². The van der Waals surface area contributed by atoms with Crippen LogP contribution in [0.5, 0.6) is 0 Å². The number of aromatic nitrogens is 2. The van der Waals surface area contributed by atoms with Crippen LogP contribution in [0.15, 0.2) is 36.4 Å². The number of amides is 1. The zero-order valence-electron chi connectivity index (χ0n) is 15.2. The predicted molar refractivity (Wildman–Crippen MR) is 101 cm³/mol. The fraction of sp³-hybridized carbons (Fsp3) is 0.450. The Labute approximate surface area is 149 Å². The molecule has 1 saturated heterocycles. The van der Waals surface area contributed by atoms with E-state index in [1.807, 2.05) is 35.2 Å². The van der Waals surface area contributed by atoms with E-state index in [4.69, 9.17) is 0 Å². The van der Waals surface area contributed by atoms with E-state index in [0.717, 1.165) is 25.1 Å². The monoisotopic (exact) mass is 338 g/mol. The highest BCUT2D eigenvalue weighted by molar-refractivity contribution is 5.93. The number of piperidine rings is 1. The summed E-state index contributed by atoms with van der Waals surface area (Å²) in [6.07, 6.45) is 2.24. The summed E-state index contributed by atoms with van der Waals surface area (Å²) >= 11 is 0. The molecule has 1 N–H and O–H groups in total. The van der Waals surface area contributed by atoms with E-state index in [-0.39, 0.29) is 11.9 Å². The standard InChI is InChI=1S/C20H26N4O/c1-14(2)21-18-12-17(20(25)24-11-7-8-15(3)13-24)22-19(23-18)16-9-5-4-6-10-16/h4-6,9-10,12,14-15H,7-8,11,13H2,1-3H3,(H,21,22,23). The summed E-state index contributed by atoms with van der Waals surface area (Å²) in [7, 11) is 0. The zero-order valence-corrected chi connectivity index (χ0v) is 15.2. The molecule has 1 atom stereocenters. The smallest absolute Gasteiger partial charge is 0.272 e. The molecule has 5 heteroatoms. The van der Waals surface area contributed by atoms with Crippen molar-refractivity contribution >= 4 is 11.7 Å². The van der Waals surface area contributed by atoms with Gasteiger partial charge >= 0.3 is 0 Å². The number of carbonyl (C=O) groups is 1. The normalized spacial score (nSPS) is 17.6. The first kappa shape index (κ1) is 17.4. The maximum absolute atomic E-state index is 13.0. The van der Waals surface area contributed by atoms with Gasteiger partial charge < -0.3 is 10.2 Å². The van der Waals surface area contributed by atoms with E-state index >= 15 is 0 Å². The van der Waals surface area contributed by atoms with Gasteiger partial charge in [0.1, 0.15) is 11.5 Å². The fourth-order valence-corrected chi connectivity index (χ4v) is 3.18. The molecule has 3 rings (SSSR count). The Morgan fingerprint density at radius 2 is 2.00 bits per heavy atom. The molecule has 1 fully saturated rings. The minimum atomic E-state index is -0.00191. The van der Waals surface area contributed by atoms with Gasteiger partial charge in [-0.3, -0.25) is 4.79 Å². The van der Waals surface area contributed by atoms with Crippen LogP contribution in [0, 0.1) is 5.92 Å². The van der Waals surface area contributed by atoms with Crippen LogP contribution in [0.2, 0.25) is 0 Å². The largest absolute Gasteiger partial charge is 0.368 e. The summed E-state index contributed by atoms with van der Waals surface area (Å²) in [6.45, 7) is 7.91. The third-order valence-electron chi connectivity index (χ3n) is 4.36. The number of anilines is 1. The van der Waals surface area contributed by atoms with Gasteiger partial charge in [-0.05, 0) is 32.6 Å². The van der Waals surface area contributed by atoms with Crippen LogP contribution in [0.3, 0.4) is 0 Å². The van der Waals surface area contributed by atoms with Gasteiger partial charge in [-0.2, -0.15) is 0 Å². The molecule has 2 heterocycles. The van der Waals surface area contributed by atoms with E-state index in [1.54, 1.807) is 6.07 Å². The molecular weight excluding hydrogens is 312 g/mol. The molecule has 1 aromatic carbocycles. The number of benzene rings is 1. The highest BCUT2D eigenvalue weighted by Gasteiger charge is 2.24.